The summed E-state index contributed by atoms with van der Waals surface area (Å²) in [5.41, 5.74) is 5.19. The Morgan fingerprint density at radius 3 is 2.45 bits per heavy atom. The Morgan fingerprint density at radius 2 is 1.65 bits per heavy atom. The van der Waals surface area contributed by atoms with E-state index in [4.69, 9.17) is 0 Å². The molecule has 20 heavy (non-hydrogen) atoms. The molecule has 0 saturated carbocycles. The van der Waals surface area contributed by atoms with E-state index < -0.39 is 0 Å². The minimum atomic E-state index is 1.28. The number of allylic oxidation sites excluding steroid dienone is 1. The quantitative estimate of drug-likeness (QED) is 0.541. The fourth-order valence-electron chi connectivity index (χ4n) is 2.69. The molecule has 0 radical (unpaired) electrons. The SMILES string of the molecule is C/C=C\c1ccc(-c2cccc3ccccc23)cc1C. The summed E-state index contributed by atoms with van der Waals surface area (Å²) in [6.07, 6.45) is 4.24. The van der Waals surface area contributed by atoms with Gasteiger partial charge in [0.2, 0.25) is 0 Å². The zero-order chi connectivity index (χ0) is 13.9. The summed E-state index contributed by atoms with van der Waals surface area (Å²) >= 11 is 0. The van der Waals surface area contributed by atoms with Crippen molar-refractivity contribution in [3.63, 3.8) is 0 Å². The third-order valence-corrected chi connectivity index (χ3v) is 3.72. The average molecular weight is 258 g/mol. The van der Waals surface area contributed by atoms with Crippen LogP contribution in [0.3, 0.4) is 0 Å². The highest BCUT2D eigenvalue weighted by Crippen LogP contribution is 2.30. The molecule has 0 nitrogen and oxygen atoms in total. The largest absolute Gasteiger partial charge is 0.0871 e. The Bertz CT molecular complexity index is 774. The van der Waals surface area contributed by atoms with Crippen LogP contribution in [0.5, 0.6) is 0 Å². The van der Waals surface area contributed by atoms with Gasteiger partial charge in [-0.3, -0.25) is 0 Å². The monoisotopic (exact) mass is 258 g/mol. The molecule has 0 atom stereocenters. The first kappa shape index (κ1) is 12.7. The zero-order valence-electron chi connectivity index (χ0n) is 11.9. The molecule has 3 aromatic carbocycles. The summed E-state index contributed by atoms with van der Waals surface area (Å²) in [7, 11) is 0. The second-order valence-corrected chi connectivity index (χ2v) is 5.10. The van der Waals surface area contributed by atoms with Gasteiger partial charge in [-0.1, -0.05) is 72.8 Å². The van der Waals surface area contributed by atoms with E-state index in [-0.39, 0.29) is 0 Å². The van der Waals surface area contributed by atoms with E-state index in [1.807, 2.05) is 0 Å². The predicted molar refractivity (Wildman–Crippen MR) is 88.8 cm³/mol. The predicted octanol–water partition coefficient (Wildman–Crippen LogP) is 5.85. The standard InChI is InChI=1S/C20H18/c1-3-7-16-12-13-18(14-15(16)2)20-11-6-9-17-8-4-5-10-19(17)20/h3-14H,1-2H3/b7-3-. The highest BCUT2D eigenvalue weighted by Gasteiger charge is 2.04. The molecule has 0 heteroatoms. The van der Waals surface area contributed by atoms with Crippen LogP contribution >= 0.6 is 0 Å². The summed E-state index contributed by atoms with van der Waals surface area (Å²) in [5.74, 6) is 0. The summed E-state index contributed by atoms with van der Waals surface area (Å²) in [6, 6.07) is 21.7. The lowest BCUT2D eigenvalue weighted by Gasteiger charge is -2.09. The van der Waals surface area contributed by atoms with Gasteiger partial charge in [-0.25, -0.2) is 0 Å². The number of rotatable bonds is 2. The summed E-state index contributed by atoms with van der Waals surface area (Å²) in [5, 5.41) is 2.60. The zero-order valence-corrected chi connectivity index (χ0v) is 11.9. The van der Waals surface area contributed by atoms with Crippen LogP contribution in [-0.2, 0) is 0 Å². The van der Waals surface area contributed by atoms with Gasteiger partial charge < -0.3 is 0 Å². The summed E-state index contributed by atoms with van der Waals surface area (Å²) < 4.78 is 0. The number of hydrogen-bond acceptors (Lipinski definition) is 0. The van der Waals surface area contributed by atoms with Crippen molar-refractivity contribution in [1.82, 2.24) is 0 Å². The van der Waals surface area contributed by atoms with Crippen LogP contribution in [0.2, 0.25) is 0 Å². The molecule has 0 aliphatic rings. The molecule has 0 aromatic heterocycles. The third-order valence-electron chi connectivity index (χ3n) is 3.72. The van der Waals surface area contributed by atoms with E-state index in [0.717, 1.165) is 0 Å². The molecule has 0 saturated heterocycles. The van der Waals surface area contributed by atoms with E-state index in [9.17, 15) is 0 Å². The van der Waals surface area contributed by atoms with Gasteiger partial charge in [0, 0.05) is 0 Å². The van der Waals surface area contributed by atoms with Gasteiger partial charge >= 0.3 is 0 Å². The molecule has 0 aliphatic heterocycles. The molecule has 98 valence electrons. The molecule has 0 fully saturated rings. The first-order chi connectivity index (χ1) is 9.79. The highest BCUT2D eigenvalue weighted by atomic mass is 14.1. The molecular weight excluding hydrogens is 240 g/mol. The van der Waals surface area contributed by atoms with Crippen LogP contribution < -0.4 is 0 Å². The molecule has 0 spiro atoms. The summed E-state index contributed by atoms with van der Waals surface area (Å²) in [4.78, 5) is 0. The maximum atomic E-state index is 2.27. The average Bonchev–Trinajstić information content (AvgIpc) is 2.49. The van der Waals surface area contributed by atoms with Gasteiger partial charge in [0.1, 0.15) is 0 Å². The lowest BCUT2D eigenvalue weighted by molar-refractivity contribution is 1.44. The van der Waals surface area contributed by atoms with Crippen molar-refractivity contribution in [3.05, 3.63) is 77.9 Å². The molecule has 0 heterocycles. The minimum Gasteiger partial charge on any atom is -0.0871 e. The van der Waals surface area contributed by atoms with Crippen LogP contribution in [0.1, 0.15) is 18.1 Å². The van der Waals surface area contributed by atoms with E-state index in [1.165, 1.54) is 33.0 Å². The van der Waals surface area contributed by atoms with Crippen molar-refractivity contribution in [3.8, 4) is 11.1 Å². The van der Waals surface area contributed by atoms with Crippen LogP contribution in [0, 0.1) is 6.92 Å². The molecule has 0 aliphatic carbocycles. The van der Waals surface area contributed by atoms with E-state index in [0.29, 0.717) is 0 Å². The maximum absolute atomic E-state index is 2.27. The second-order valence-electron chi connectivity index (χ2n) is 5.10. The molecule has 0 unspecified atom stereocenters. The fourth-order valence-corrected chi connectivity index (χ4v) is 2.69. The van der Waals surface area contributed by atoms with Gasteiger partial charge in [0.15, 0.2) is 0 Å². The third kappa shape index (κ3) is 2.25. The van der Waals surface area contributed by atoms with Gasteiger partial charge in [0.25, 0.3) is 0 Å². The Balaban J connectivity index is 2.19. The first-order valence-corrected chi connectivity index (χ1v) is 7.01. The normalized spacial score (nSPS) is 11.3. The molecule has 0 bridgehead atoms. The topological polar surface area (TPSA) is 0 Å². The van der Waals surface area contributed by atoms with Crippen LogP contribution in [0.4, 0.5) is 0 Å². The number of benzene rings is 3. The van der Waals surface area contributed by atoms with Crippen molar-refractivity contribution in [2.24, 2.45) is 0 Å². The van der Waals surface area contributed by atoms with Crippen molar-refractivity contribution in [2.45, 2.75) is 13.8 Å². The smallest absolute Gasteiger partial charge is 0.0105 e. The minimum absolute atomic E-state index is 1.28. The van der Waals surface area contributed by atoms with Gasteiger partial charge in [-0.15, -0.1) is 0 Å². The maximum Gasteiger partial charge on any atom is -0.0105 e. The molecule has 0 amide bonds. The molecular formula is C20H18. The van der Waals surface area contributed by atoms with Crippen LogP contribution in [0.25, 0.3) is 28.0 Å². The van der Waals surface area contributed by atoms with Crippen molar-refractivity contribution in [1.29, 1.82) is 0 Å². The molecule has 3 rings (SSSR count). The first-order valence-electron chi connectivity index (χ1n) is 7.01. The molecule has 0 N–H and O–H groups in total. The number of hydrogen-bond donors (Lipinski definition) is 0. The fraction of sp³-hybridized carbons (Fsp3) is 0.100. The van der Waals surface area contributed by atoms with Crippen molar-refractivity contribution in [2.75, 3.05) is 0 Å². The highest BCUT2D eigenvalue weighted by molar-refractivity contribution is 5.96. The number of fused-ring (bicyclic) bond motifs is 1. The van der Waals surface area contributed by atoms with Gasteiger partial charge in [-0.2, -0.15) is 0 Å². The summed E-state index contributed by atoms with van der Waals surface area (Å²) in [6.45, 7) is 4.22. The van der Waals surface area contributed by atoms with E-state index >= 15 is 0 Å². The van der Waals surface area contributed by atoms with Crippen LogP contribution in [0.15, 0.2) is 66.7 Å². The van der Waals surface area contributed by atoms with E-state index in [2.05, 4.69) is 86.7 Å². The Morgan fingerprint density at radius 1 is 0.850 bits per heavy atom. The van der Waals surface area contributed by atoms with Crippen LogP contribution in [-0.4, -0.2) is 0 Å². The van der Waals surface area contributed by atoms with Crippen molar-refractivity contribution >= 4 is 16.8 Å². The Hall–Kier alpha value is -2.34. The van der Waals surface area contributed by atoms with Crippen molar-refractivity contribution < 1.29 is 0 Å². The number of aryl methyl sites for hydroxylation is 1. The Kier molecular flexibility index (Phi) is 3.39. The van der Waals surface area contributed by atoms with Gasteiger partial charge in [0.05, 0.1) is 0 Å². The second kappa shape index (κ2) is 5.34. The lowest BCUT2D eigenvalue weighted by Crippen LogP contribution is -1.85. The lowest BCUT2D eigenvalue weighted by atomic mass is 9.95. The van der Waals surface area contributed by atoms with Gasteiger partial charge in [-0.05, 0) is 46.9 Å². The van der Waals surface area contributed by atoms with E-state index in [1.54, 1.807) is 0 Å². The Labute approximate surface area is 120 Å². The molecule has 3 aromatic rings.